The van der Waals surface area contributed by atoms with Crippen molar-refractivity contribution in [3.05, 3.63) is 72.1 Å². The highest BCUT2D eigenvalue weighted by Gasteiger charge is 2.15. The van der Waals surface area contributed by atoms with Gasteiger partial charge in [-0.1, -0.05) is 48.2 Å². The molecular formula is C19H19N5O2S. The molecule has 2 amide bonds. The van der Waals surface area contributed by atoms with E-state index in [0.717, 1.165) is 5.69 Å². The highest BCUT2D eigenvalue weighted by molar-refractivity contribution is 7.99. The first-order valence-electron chi connectivity index (χ1n) is 8.39. The molecule has 138 valence electrons. The predicted octanol–water partition coefficient (Wildman–Crippen LogP) is 1.82. The van der Waals surface area contributed by atoms with Gasteiger partial charge in [0.1, 0.15) is 5.82 Å². The molecule has 0 fully saturated rings. The Morgan fingerprint density at radius 1 is 1.00 bits per heavy atom. The minimum atomic E-state index is -0.417. The molecule has 1 heterocycles. The van der Waals surface area contributed by atoms with Crippen LogP contribution in [0.3, 0.4) is 0 Å². The fourth-order valence-corrected chi connectivity index (χ4v) is 3.22. The van der Waals surface area contributed by atoms with E-state index in [1.807, 2.05) is 53.1 Å². The predicted molar refractivity (Wildman–Crippen MR) is 104 cm³/mol. The lowest BCUT2D eigenvalue weighted by Gasteiger charge is -2.10. The van der Waals surface area contributed by atoms with Gasteiger partial charge in [0, 0.05) is 24.2 Å². The maximum absolute atomic E-state index is 12.2. The van der Waals surface area contributed by atoms with Gasteiger partial charge in [-0.15, -0.1) is 10.2 Å². The van der Waals surface area contributed by atoms with E-state index in [-0.39, 0.29) is 11.7 Å². The van der Waals surface area contributed by atoms with Crippen molar-refractivity contribution < 1.29 is 9.59 Å². The third kappa shape index (κ3) is 4.95. The molecule has 8 heteroatoms. The Kier molecular flexibility index (Phi) is 6.22. The first-order chi connectivity index (χ1) is 13.1. The summed E-state index contributed by atoms with van der Waals surface area (Å²) in [6, 6.07) is 18.7. The van der Waals surface area contributed by atoms with Crippen LogP contribution in [-0.4, -0.2) is 38.9 Å². The number of para-hydroxylation sites is 1. The topological polar surface area (TPSA) is 103 Å². The van der Waals surface area contributed by atoms with Crippen molar-refractivity contribution in [1.29, 1.82) is 0 Å². The number of carbonyl (C=O) groups is 2. The van der Waals surface area contributed by atoms with Crippen LogP contribution in [0.25, 0.3) is 5.69 Å². The second-order valence-electron chi connectivity index (χ2n) is 5.70. The van der Waals surface area contributed by atoms with E-state index < -0.39 is 5.91 Å². The number of hydrogen-bond acceptors (Lipinski definition) is 5. The fourth-order valence-electron chi connectivity index (χ4n) is 2.51. The zero-order chi connectivity index (χ0) is 19.1. The average molecular weight is 381 g/mol. The standard InChI is InChI=1S/C19H19N5O2S/c20-16(25)13-27-19-23-22-17(24(19)15-9-5-2-6-10-15)11-12-21-18(26)14-7-3-1-4-8-14/h1-10H,11-13H2,(H2,20,25)(H,21,26). The fraction of sp³-hybridized carbons (Fsp3) is 0.158. The molecular weight excluding hydrogens is 362 g/mol. The minimum absolute atomic E-state index is 0.121. The zero-order valence-electron chi connectivity index (χ0n) is 14.5. The van der Waals surface area contributed by atoms with Crippen molar-refractivity contribution in [3.8, 4) is 5.69 Å². The van der Waals surface area contributed by atoms with Gasteiger partial charge in [-0.3, -0.25) is 14.2 Å². The van der Waals surface area contributed by atoms with Crippen LogP contribution in [0.5, 0.6) is 0 Å². The first kappa shape index (κ1) is 18.7. The van der Waals surface area contributed by atoms with Gasteiger partial charge in [-0.2, -0.15) is 0 Å². The molecule has 0 aliphatic heterocycles. The Balaban J connectivity index is 1.73. The van der Waals surface area contributed by atoms with Crippen molar-refractivity contribution in [1.82, 2.24) is 20.1 Å². The van der Waals surface area contributed by atoms with Crippen LogP contribution < -0.4 is 11.1 Å². The molecule has 3 aromatic rings. The van der Waals surface area contributed by atoms with Crippen LogP contribution in [0, 0.1) is 0 Å². The van der Waals surface area contributed by atoms with Crippen LogP contribution in [0.2, 0.25) is 0 Å². The number of nitrogens with zero attached hydrogens (tertiary/aromatic N) is 3. The summed E-state index contributed by atoms with van der Waals surface area (Å²) < 4.78 is 1.88. The smallest absolute Gasteiger partial charge is 0.251 e. The Morgan fingerprint density at radius 3 is 2.33 bits per heavy atom. The Labute approximate surface area is 161 Å². The molecule has 0 atom stereocenters. The molecule has 0 spiro atoms. The van der Waals surface area contributed by atoms with Crippen LogP contribution >= 0.6 is 11.8 Å². The second-order valence-corrected chi connectivity index (χ2v) is 6.64. The lowest BCUT2D eigenvalue weighted by Crippen LogP contribution is -2.26. The molecule has 2 aromatic carbocycles. The van der Waals surface area contributed by atoms with Gasteiger partial charge in [0.2, 0.25) is 5.91 Å². The molecule has 0 bridgehead atoms. The number of benzene rings is 2. The summed E-state index contributed by atoms with van der Waals surface area (Å²) in [5.41, 5.74) is 6.74. The van der Waals surface area contributed by atoms with Crippen LogP contribution in [0.15, 0.2) is 65.8 Å². The number of aromatic nitrogens is 3. The summed E-state index contributed by atoms with van der Waals surface area (Å²) in [5.74, 6) is 0.265. The molecule has 0 saturated carbocycles. The van der Waals surface area contributed by atoms with Gasteiger partial charge in [0.05, 0.1) is 5.75 Å². The first-order valence-corrected chi connectivity index (χ1v) is 9.38. The zero-order valence-corrected chi connectivity index (χ0v) is 15.4. The van der Waals surface area contributed by atoms with Crippen molar-refractivity contribution in [2.45, 2.75) is 11.6 Å². The van der Waals surface area contributed by atoms with Gasteiger partial charge < -0.3 is 11.1 Å². The lowest BCUT2D eigenvalue weighted by atomic mass is 10.2. The number of nitrogens with two attached hydrogens (primary N) is 1. The van der Waals surface area contributed by atoms with E-state index in [0.29, 0.717) is 29.5 Å². The van der Waals surface area contributed by atoms with E-state index in [2.05, 4.69) is 15.5 Å². The molecule has 3 rings (SSSR count). The van der Waals surface area contributed by atoms with Crippen LogP contribution in [0.4, 0.5) is 0 Å². The number of hydrogen-bond donors (Lipinski definition) is 2. The summed E-state index contributed by atoms with van der Waals surface area (Å²) >= 11 is 1.23. The molecule has 1 aromatic heterocycles. The number of rotatable bonds is 8. The summed E-state index contributed by atoms with van der Waals surface area (Å²) in [6.07, 6.45) is 0.498. The van der Waals surface area contributed by atoms with Gasteiger partial charge in [0.15, 0.2) is 5.16 Å². The Bertz CT molecular complexity index is 912. The van der Waals surface area contributed by atoms with Gasteiger partial charge in [0.25, 0.3) is 5.91 Å². The summed E-state index contributed by atoms with van der Waals surface area (Å²) in [5, 5.41) is 11.9. The normalized spacial score (nSPS) is 10.5. The number of nitrogens with one attached hydrogen (secondary N) is 1. The quantitative estimate of drug-likeness (QED) is 0.579. The van der Waals surface area contributed by atoms with Crippen molar-refractivity contribution in [2.24, 2.45) is 5.73 Å². The minimum Gasteiger partial charge on any atom is -0.369 e. The number of amides is 2. The van der Waals surface area contributed by atoms with E-state index in [1.54, 1.807) is 12.1 Å². The molecule has 0 aliphatic carbocycles. The van der Waals surface area contributed by atoms with Crippen molar-refractivity contribution in [2.75, 3.05) is 12.3 Å². The van der Waals surface area contributed by atoms with E-state index in [9.17, 15) is 9.59 Å². The monoisotopic (exact) mass is 381 g/mol. The second kappa shape index (κ2) is 9.00. The number of thioether (sulfide) groups is 1. The maximum Gasteiger partial charge on any atom is 0.251 e. The average Bonchev–Trinajstić information content (AvgIpc) is 3.10. The molecule has 3 N–H and O–H groups in total. The lowest BCUT2D eigenvalue weighted by molar-refractivity contribution is -0.115. The van der Waals surface area contributed by atoms with E-state index in [4.69, 9.17) is 5.73 Å². The highest BCUT2D eigenvalue weighted by atomic mass is 32.2. The molecule has 0 radical (unpaired) electrons. The van der Waals surface area contributed by atoms with Crippen LogP contribution in [-0.2, 0) is 11.2 Å². The number of primary amides is 1. The SMILES string of the molecule is NC(=O)CSc1nnc(CCNC(=O)c2ccccc2)n1-c1ccccc1. The van der Waals surface area contributed by atoms with E-state index >= 15 is 0 Å². The molecule has 0 aliphatic rings. The highest BCUT2D eigenvalue weighted by Crippen LogP contribution is 2.21. The third-order valence-electron chi connectivity index (χ3n) is 3.73. The molecule has 0 unspecified atom stereocenters. The van der Waals surface area contributed by atoms with Crippen LogP contribution in [0.1, 0.15) is 16.2 Å². The Morgan fingerprint density at radius 2 is 1.67 bits per heavy atom. The van der Waals surface area contributed by atoms with Crippen molar-refractivity contribution in [3.63, 3.8) is 0 Å². The molecule has 0 saturated heterocycles. The van der Waals surface area contributed by atoms with E-state index in [1.165, 1.54) is 11.8 Å². The molecule has 7 nitrogen and oxygen atoms in total. The largest absolute Gasteiger partial charge is 0.369 e. The van der Waals surface area contributed by atoms with Gasteiger partial charge in [-0.25, -0.2) is 0 Å². The summed E-state index contributed by atoms with van der Waals surface area (Å²) in [6.45, 7) is 0.416. The van der Waals surface area contributed by atoms with Gasteiger partial charge >= 0.3 is 0 Å². The summed E-state index contributed by atoms with van der Waals surface area (Å²) in [7, 11) is 0. The van der Waals surface area contributed by atoms with Gasteiger partial charge in [-0.05, 0) is 24.3 Å². The summed E-state index contributed by atoms with van der Waals surface area (Å²) in [4.78, 5) is 23.3. The molecule has 27 heavy (non-hydrogen) atoms. The number of carbonyl (C=O) groups excluding carboxylic acids is 2. The van der Waals surface area contributed by atoms with Crippen molar-refractivity contribution >= 4 is 23.6 Å². The third-order valence-corrected chi connectivity index (χ3v) is 4.68. The Hall–Kier alpha value is -3.13. The maximum atomic E-state index is 12.2.